The van der Waals surface area contributed by atoms with Gasteiger partial charge < -0.3 is 4.90 Å². The van der Waals surface area contributed by atoms with Crippen LogP contribution >= 0.6 is 15.9 Å². The average Bonchev–Trinajstić information content (AvgIpc) is 2.71. The van der Waals surface area contributed by atoms with Gasteiger partial charge in [-0.2, -0.15) is 5.10 Å². The fourth-order valence-corrected chi connectivity index (χ4v) is 3.44. The Hall–Kier alpha value is -2.47. The van der Waals surface area contributed by atoms with Crippen LogP contribution in [0.5, 0.6) is 0 Å². The van der Waals surface area contributed by atoms with Crippen molar-refractivity contribution in [1.82, 2.24) is 14.7 Å². The van der Waals surface area contributed by atoms with Gasteiger partial charge in [0.2, 0.25) is 0 Å². The summed E-state index contributed by atoms with van der Waals surface area (Å²) in [6, 6.07) is 15.1. The number of nitrogens with zero attached hydrogens (tertiary/aromatic N) is 3. The number of aryl methyl sites for hydroxylation is 1. The Morgan fingerprint density at radius 2 is 1.75 bits per heavy atom. The fourth-order valence-electron chi connectivity index (χ4n) is 3.17. The summed E-state index contributed by atoms with van der Waals surface area (Å²) in [5, 5.41) is 5.59. The Morgan fingerprint density at radius 3 is 2.43 bits per heavy atom. The van der Waals surface area contributed by atoms with Gasteiger partial charge in [0.1, 0.15) is 0 Å². The van der Waals surface area contributed by atoms with Gasteiger partial charge in [0, 0.05) is 30.0 Å². The zero-order valence-corrected chi connectivity index (χ0v) is 17.8. The molecule has 3 aromatic rings. The number of aromatic nitrogens is 2. The number of fused-ring (bicyclic) bond motifs is 1. The smallest absolute Gasteiger partial charge is 0.274 e. The summed E-state index contributed by atoms with van der Waals surface area (Å²) < 4.78 is 2.44. The van der Waals surface area contributed by atoms with Gasteiger partial charge in [0.25, 0.3) is 11.5 Å². The molecule has 0 unspecified atom stereocenters. The summed E-state index contributed by atoms with van der Waals surface area (Å²) >= 11 is 3.42. The molecule has 6 heteroatoms. The number of carbonyl (C=O) groups excluding carboxylic acids is 1. The van der Waals surface area contributed by atoms with E-state index in [4.69, 9.17) is 0 Å². The Labute approximate surface area is 173 Å². The van der Waals surface area contributed by atoms with Crippen LogP contribution in [0.4, 0.5) is 0 Å². The van der Waals surface area contributed by atoms with E-state index in [1.807, 2.05) is 36.4 Å². The first-order chi connectivity index (χ1) is 13.5. The molecule has 28 heavy (non-hydrogen) atoms. The Balaban J connectivity index is 1.95. The van der Waals surface area contributed by atoms with Gasteiger partial charge in [0.15, 0.2) is 5.69 Å². The largest absolute Gasteiger partial charge is 0.336 e. The number of unbranched alkanes of at least 4 members (excludes halogenated alkanes) is 2. The Kier molecular flexibility index (Phi) is 6.62. The first-order valence-corrected chi connectivity index (χ1v) is 10.3. The summed E-state index contributed by atoms with van der Waals surface area (Å²) in [6.07, 6.45) is 2.95. The highest BCUT2D eigenvalue weighted by molar-refractivity contribution is 9.10. The summed E-state index contributed by atoms with van der Waals surface area (Å²) in [7, 11) is 1.76. The van der Waals surface area contributed by atoms with E-state index >= 15 is 0 Å². The summed E-state index contributed by atoms with van der Waals surface area (Å²) in [5.41, 5.74) is 1.21. The minimum Gasteiger partial charge on any atom is -0.336 e. The quantitative estimate of drug-likeness (QED) is 0.502. The molecule has 0 fully saturated rings. The lowest BCUT2D eigenvalue weighted by atomic mass is 10.1. The molecule has 1 heterocycles. The lowest BCUT2D eigenvalue weighted by Crippen LogP contribution is -2.32. The van der Waals surface area contributed by atoms with Crippen molar-refractivity contribution < 1.29 is 4.79 Å². The molecule has 0 saturated heterocycles. The van der Waals surface area contributed by atoms with Crippen LogP contribution in [-0.4, -0.2) is 27.6 Å². The van der Waals surface area contributed by atoms with Gasteiger partial charge in [-0.05, 0) is 30.2 Å². The number of hydrogen-bond donors (Lipinski definition) is 0. The number of halogens is 1. The number of amides is 1. The lowest BCUT2D eigenvalue weighted by molar-refractivity contribution is 0.0778. The van der Waals surface area contributed by atoms with Crippen molar-refractivity contribution in [2.24, 2.45) is 0 Å². The summed E-state index contributed by atoms with van der Waals surface area (Å²) in [4.78, 5) is 27.6. The van der Waals surface area contributed by atoms with Crippen LogP contribution in [0.25, 0.3) is 10.8 Å². The maximum Gasteiger partial charge on any atom is 0.274 e. The van der Waals surface area contributed by atoms with E-state index in [9.17, 15) is 9.59 Å². The van der Waals surface area contributed by atoms with E-state index in [0.717, 1.165) is 29.3 Å². The van der Waals surface area contributed by atoms with Gasteiger partial charge in [-0.25, -0.2) is 4.68 Å². The zero-order valence-electron chi connectivity index (χ0n) is 16.2. The van der Waals surface area contributed by atoms with Crippen LogP contribution < -0.4 is 5.56 Å². The second-order valence-corrected chi connectivity index (χ2v) is 7.83. The first kappa shape index (κ1) is 20.3. The van der Waals surface area contributed by atoms with E-state index in [-0.39, 0.29) is 11.5 Å². The van der Waals surface area contributed by atoms with E-state index in [2.05, 4.69) is 28.0 Å². The van der Waals surface area contributed by atoms with E-state index < -0.39 is 0 Å². The van der Waals surface area contributed by atoms with Crippen molar-refractivity contribution in [3.63, 3.8) is 0 Å². The highest BCUT2D eigenvalue weighted by Gasteiger charge is 2.20. The van der Waals surface area contributed by atoms with Crippen LogP contribution in [0.1, 0.15) is 42.2 Å². The monoisotopic (exact) mass is 441 g/mol. The lowest BCUT2D eigenvalue weighted by Gasteiger charge is -2.18. The highest BCUT2D eigenvalue weighted by atomic mass is 79.9. The summed E-state index contributed by atoms with van der Waals surface area (Å²) in [5.74, 6) is -0.191. The molecule has 0 aliphatic carbocycles. The average molecular weight is 442 g/mol. The van der Waals surface area contributed by atoms with Crippen molar-refractivity contribution in [2.45, 2.75) is 39.3 Å². The van der Waals surface area contributed by atoms with Crippen molar-refractivity contribution in [1.29, 1.82) is 0 Å². The molecular formula is C22H24BrN3O2. The molecule has 0 aliphatic rings. The van der Waals surface area contributed by atoms with Crippen molar-refractivity contribution in [2.75, 3.05) is 7.05 Å². The van der Waals surface area contributed by atoms with Crippen LogP contribution in [0.3, 0.4) is 0 Å². The SMILES string of the molecule is CCCCCn1nc(C(=O)N(C)Cc2ccc(Br)cc2)c2ccccc2c1=O. The van der Waals surface area contributed by atoms with Crippen LogP contribution in [-0.2, 0) is 13.1 Å². The van der Waals surface area contributed by atoms with Crippen LogP contribution in [0.15, 0.2) is 57.8 Å². The second-order valence-electron chi connectivity index (χ2n) is 6.92. The van der Waals surface area contributed by atoms with Crippen LogP contribution in [0.2, 0.25) is 0 Å². The van der Waals surface area contributed by atoms with Crippen LogP contribution in [0, 0.1) is 0 Å². The molecule has 146 valence electrons. The molecule has 5 nitrogen and oxygen atoms in total. The minimum absolute atomic E-state index is 0.140. The molecule has 0 atom stereocenters. The Bertz CT molecular complexity index is 1030. The molecule has 1 aromatic heterocycles. The van der Waals surface area contributed by atoms with E-state index in [1.54, 1.807) is 24.1 Å². The molecule has 2 aromatic carbocycles. The molecule has 0 saturated carbocycles. The second kappa shape index (κ2) is 9.15. The van der Waals surface area contributed by atoms with Gasteiger partial charge >= 0.3 is 0 Å². The third-order valence-corrected chi connectivity index (χ3v) is 5.25. The number of rotatable bonds is 7. The first-order valence-electron chi connectivity index (χ1n) is 9.51. The maximum atomic E-state index is 13.2. The minimum atomic E-state index is -0.191. The highest BCUT2D eigenvalue weighted by Crippen LogP contribution is 2.17. The molecule has 0 N–H and O–H groups in total. The van der Waals surface area contributed by atoms with Crippen molar-refractivity contribution in [3.8, 4) is 0 Å². The topological polar surface area (TPSA) is 55.2 Å². The van der Waals surface area contributed by atoms with Gasteiger partial charge in [-0.3, -0.25) is 9.59 Å². The molecule has 0 aliphatic heterocycles. The van der Waals surface area contributed by atoms with Gasteiger partial charge in [-0.15, -0.1) is 0 Å². The number of benzene rings is 2. The predicted octanol–water partition coefficient (Wildman–Crippen LogP) is 4.62. The number of carbonyl (C=O) groups is 1. The molecule has 1 amide bonds. The molecule has 3 rings (SSSR count). The summed E-state index contributed by atoms with van der Waals surface area (Å²) in [6.45, 7) is 3.11. The van der Waals surface area contributed by atoms with E-state index in [0.29, 0.717) is 29.6 Å². The molecule has 0 bridgehead atoms. The Morgan fingerprint density at radius 1 is 1.07 bits per heavy atom. The maximum absolute atomic E-state index is 13.2. The normalized spacial score (nSPS) is 11.0. The van der Waals surface area contributed by atoms with Crippen molar-refractivity contribution in [3.05, 3.63) is 74.6 Å². The van der Waals surface area contributed by atoms with Gasteiger partial charge in [-0.1, -0.05) is 66.0 Å². The molecular weight excluding hydrogens is 418 g/mol. The standard InChI is InChI=1S/C22H24BrN3O2/c1-3-4-7-14-26-21(27)19-9-6-5-8-18(19)20(24-26)22(28)25(2)15-16-10-12-17(23)13-11-16/h5-6,8-13H,3-4,7,14-15H2,1-2H3. The molecule has 0 radical (unpaired) electrons. The van der Waals surface area contributed by atoms with Crippen molar-refractivity contribution >= 4 is 32.6 Å². The zero-order chi connectivity index (χ0) is 20.1. The third kappa shape index (κ3) is 4.50. The predicted molar refractivity (Wildman–Crippen MR) is 115 cm³/mol. The number of hydrogen-bond acceptors (Lipinski definition) is 3. The fraction of sp³-hybridized carbons (Fsp3) is 0.318. The molecule has 0 spiro atoms. The van der Waals surface area contributed by atoms with Gasteiger partial charge in [0.05, 0.1) is 5.39 Å². The van der Waals surface area contributed by atoms with E-state index in [1.165, 1.54) is 4.68 Å². The third-order valence-electron chi connectivity index (χ3n) is 4.72.